The van der Waals surface area contributed by atoms with Gasteiger partial charge in [-0.3, -0.25) is 4.79 Å². The number of sulfonamides is 1. The Labute approximate surface area is 118 Å². The Kier molecular flexibility index (Phi) is 3.90. The van der Waals surface area contributed by atoms with Crippen molar-refractivity contribution in [3.05, 3.63) is 18.0 Å². The molecule has 1 aromatic heterocycles. The summed E-state index contributed by atoms with van der Waals surface area (Å²) in [6.45, 7) is 2.35. The number of aliphatic hydroxyl groups excluding tert-OH is 1. The van der Waals surface area contributed by atoms with Gasteiger partial charge in [-0.25, -0.2) is 8.42 Å². The van der Waals surface area contributed by atoms with E-state index in [0.717, 1.165) is 0 Å². The highest BCUT2D eigenvalue weighted by Gasteiger charge is 2.33. The average molecular weight is 301 g/mol. The van der Waals surface area contributed by atoms with Crippen LogP contribution in [0.4, 0.5) is 0 Å². The van der Waals surface area contributed by atoms with E-state index in [1.54, 1.807) is 7.05 Å². The summed E-state index contributed by atoms with van der Waals surface area (Å²) in [6, 6.07) is 1.29. The largest absolute Gasteiger partial charge is 0.393 e. The van der Waals surface area contributed by atoms with Crippen LogP contribution in [0.2, 0.25) is 0 Å². The van der Waals surface area contributed by atoms with Gasteiger partial charge >= 0.3 is 0 Å². The Hall–Kier alpha value is -1.38. The molecule has 1 aromatic rings. The molecule has 112 valence electrons. The smallest absolute Gasteiger partial charge is 0.265 e. The second-order valence-electron chi connectivity index (χ2n) is 5.23. The summed E-state index contributed by atoms with van der Waals surface area (Å²) >= 11 is 0. The fraction of sp³-hybridized carbons (Fsp3) is 0.583. The van der Waals surface area contributed by atoms with Crippen LogP contribution in [0.1, 0.15) is 23.8 Å². The fourth-order valence-electron chi connectivity index (χ4n) is 2.38. The highest BCUT2D eigenvalue weighted by molar-refractivity contribution is 7.89. The van der Waals surface area contributed by atoms with Crippen LogP contribution >= 0.6 is 0 Å². The molecular weight excluding hydrogens is 282 g/mol. The normalized spacial score (nSPS) is 24.8. The molecule has 2 rings (SSSR count). The van der Waals surface area contributed by atoms with Gasteiger partial charge in [-0.05, 0) is 18.4 Å². The molecule has 1 aliphatic rings. The number of carbonyl (C=O) groups excluding carboxylic acids is 1. The number of aryl methyl sites for hydroxylation is 1. The highest BCUT2D eigenvalue weighted by Crippen LogP contribution is 2.24. The molecular formula is C12H19N3O4S. The Morgan fingerprint density at radius 3 is 2.65 bits per heavy atom. The second kappa shape index (κ2) is 5.19. The van der Waals surface area contributed by atoms with Crippen molar-refractivity contribution in [3.8, 4) is 0 Å². The molecule has 7 nitrogen and oxygen atoms in total. The first kappa shape index (κ1) is 15.0. The number of amides is 1. The summed E-state index contributed by atoms with van der Waals surface area (Å²) in [5, 5.41) is 9.67. The van der Waals surface area contributed by atoms with Crippen molar-refractivity contribution in [2.24, 2.45) is 18.7 Å². The lowest BCUT2D eigenvalue weighted by atomic mass is 9.99. The van der Waals surface area contributed by atoms with Crippen LogP contribution in [-0.4, -0.2) is 47.5 Å². The van der Waals surface area contributed by atoms with Gasteiger partial charge in [0.25, 0.3) is 5.91 Å². The van der Waals surface area contributed by atoms with E-state index in [1.165, 1.54) is 21.1 Å². The van der Waals surface area contributed by atoms with Crippen LogP contribution < -0.4 is 5.73 Å². The first-order valence-electron chi connectivity index (χ1n) is 6.38. The van der Waals surface area contributed by atoms with E-state index in [0.29, 0.717) is 6.42 Å². The van der Waals surface area contributed by atoms with E-state index in [-0.39, 0.29) is 29.6 Å². The van der Waals surface area contributed by atoms with Crippen LogP contribution in [-0.2, 0) is 17.1 Å². The standard InChI is InChI=1S/C12H19N3O4S/c1-8-6-15(4-3-11(8)16)20(18,19)9-5-10(12(13)17)14(2)7-9/h5,7-8,11,16H,3-4,6H2,1-2H3,(H2,13,17). The number of carbonyl (C=O) groups is 1. The van der Waals surface area contributed by atoms with Crippen LogP contribution in [0.25, 0.3) is 0 Å². The molecule has 0 aliphatic carbocycles. The minimum atomic E-state index is -3.66. The molecule has 2 unspecified atom stereocenters. The number of primary amides is 1. The summed E-state index contributed by atoms with van der Waals surface area (Å²) in [6.07, 6.45) is 1.32. The summed E-state index contributed by atoms with van der Waals surface area (Å²) in [4.78, 5) is 11.2. The molecule has 3 N–H and O–H groups in total. The number of aliphatic hydroxyl groups is 1. The van der Waals surface area contributed by atoms with Gasteiger partial charge in [-0.15, -0.1) is 0 Å². The molecule has 1 fully saturated rings. The summed E-state index contributed by atoms with van der Waals surface area (Å²) in [7, 11) is -2.09. The molecule has 8 heteroatoms. The monoisotopic (exact) mass is 301 g/mol. The third-order valence-electron chi connectivity index (χ3n) is 3.69. The first-order valence-corrected chi connectivity index (χ1v) is 7.82. The Balaban J connectivity index is 2.31. The maximum atomic E-state index is 12.5. The molecule has 0 spiro atoms. The van der Waals surface area contributed by atoms with Crippen molar-refractivity contribution in [2.45, 2.75) is 24.3 Å². The van der Waals surface area contributed by atoms with Gasteiger partial charge in [0.1, 0.15) is 10.6 Å². The molecule has 0 aromatic carbocycles. The Bertz CT molecular complexity index is 623. The predicted molar refractivity (Wildman–Crippen MR) is 72.5 cm³/mol. The minimum Gasteiger partial charge on any atom is -0.393 e. The lowest BCUT2D eigenvalue weighted by Crippen LogP contribution is -2.44. The molecule has 0 saturated carbocycles. The quantitative estimate of drug-likeness (QED) is 0.786. The number of nitrogens with zero attached hydrogens (tertiary/aromatic N) is 2. The molecule has 1 saturated heterocycles. The summed E-state index contributed by atoms with van der Waals surface area (Å²) < 4.78 is 27.8. The van der Waals surface area contributed by atoms with E-state index in [2.05, 4.69) is 0 Å². The van der Waals surface area contributed by atoms with E-state index in [9.17, 15) is 18.3 Å². The van der Waals surface area contributed by atoms with Gasteiger partial charge < -0.3 is 15.4 Å². The minimum absolute atomic E-state index is 0.0531. The SMILES string of the molecule is CC1CN(S(=O)(=O)c2cc(C(N)=O)n(C)c2)CCC1O. The number of aromatic nitrogens is 1. The molecule has 0 bridgehead atoms. The summed E-state index contributed by atoms with van der Waals surface area (Å²) in [5.41, 5.74) is 5.34. The van der Waals surface area contributed by atoms with Gasteiger partial charge in [-0.2, -0.15) is 4.31 Å². The van der Waals surface area contributed by atoms with Crippen molar-refractivity contribution >= 4 is 15.9 Å². The van der Waals surface area contributed by atoms with Gasteiger partial charge in [-0.1, -0.05) is 6.92 Å². The third-order valence-corrected chi connectivity index (χ3v) is 5.52. The van der Waals surface area contributed by atoms with Gasteiger partial charge in [0.15, 0.2) is 0 Å². The van der Waals surface area contributed by atoms with Crippen LogP contribution in [0.15, 0.2) is 17.2 Å². The molecule has 2 atom stereocenters. The van der Waals surface area contributed by atoms with Crippen molar-refractivity contribution in [2.75, 3.05) is 13.1 Å². The van der Waals surface area contributed by atoms with Crippen LogP contribution in [0.3, 0.4) is 0 Å². The lowest BCUT2D eigenvalue weighted by molar-refractivity contribution is 0.0628. The topological polar surface area (TPSA) is 106 Å². The average Bonchev–Trinajstić information content (AvgIpc) is 2.75. The zero-order chi connectivity index (χ0) is 15.1. The fourth-order valence-corrected chi connectivity index (χ4v) is 4.01. The molecule has 20 heavy (non-hydrogen) atoms. The molecule has 1 amide bonds. The maximum Gasteiger partial charge on any atom is 0.265 e. The van der Waals surface area contributed by atoms with E-state index >= 15 is 0 Å². The molecule has 0 radical (unpaired) electrons. The van der Waals surface area contributed by atoms with Crippen molar-refractivity contribution in [1.29, 1.82) is 0 Å². The number of rotatable bonds is 3. The number of piperidine rings is 1. The van der Waals surface area contributed by atoms with E-state index < -0.39 is 22.0 Å². The van der Waals surface area contributed by atoms with Gasteiger partial charge in [0.2, 0.25) is 10.0 Å². The second-order valence-corrected chi connectivity index (χ2v) is 7.17. The number of hydrogen-bond acceptors (Lipinski definition) is 4. The number of nitrogens with two attached hydrogens (primary N) is 1. The summed E-state index contributed by atoms with van der Waals surface area (Å²) in [5.74, 6) is -0.783. The highest BCUT2D eigenvalue weighted by atomic mass is 32.2. The predicted octanol–water partition coefficient (Wildman–Crippen LogP) is -0.485. The molecule has 2 heterocycles. The zero-order valence-electron chi connectivity index (χ0n) is 11.5. The van der Waals surface area contributed by atoms with Crippen LogP contribution in [0, 0.1) is 5.92 Å². The van der Waals surface area contributed by atoms with E-state index in [4.69, 9.17) is 5.73 Å². The van der Waals surface area contributed by atoms with Crippen molar-refractivity contribution < 1.29 is 18.3 Å². The van der Waals surface area contributed by atoms with Gasteiger partial charge in [0, 0.05) is 26.3 Å². The van der Waals surface area contributed by atoms with Crippen LogP contribution in [0.5, 0.6) is 0 Å². The van der Waals surface area contributed by atoms with E-state index in [1.807, 2.05) is 6.92 Å². The Morgan fingerprint density at radius 1 is 1.50 bits per heavy atom. The van der Waals surface area contributed by atoms with Gasteiger partial charge in [0.05, 0.1) is 6.10 Å². The maximum absolute atomic E-state index is 12.5. The van der Waals surface area contributed by atoms with Crippen molar-refractivity contribution in [1.82, 2.24) is 8.87 Å². The first-order chi connectivity index (χ1) is 9.23. The Morgan fingerprint density at radius 2 is 2.15 bits per heavy atom. The molecule has 1 aliphatic heterocycles. The third kappa shape index (κ3) is 2.58. The zero-order valence-corrected chi connectivity index (χ0v) is 12.3. The van der Waals surface area contributed by atoms with Crippen molar-refractivity contribution in [3.63, 3.8) is 0 Å². The lowest BCUT2D eigenvalue weighted by Gasteiger charge is -2.33. The number of hydrogen-bond donors (Lipinski definition) is 2.